The zero-order chi connectivity index (χ0) is 13.8. The van der Waals surface area contributed by atoms with Gasteiger partial charge in [0, 0.05) is 22.1 Å². The fourth-order valence-corrected chi connectivity index (χ4v) is 2.32. The van der Waals surface area contributed by atoms with Gasteiger partial charge in [-0.25, -0.2) is 0 Å². The van der Waals surface area contributed by atoms with Crippen LogP contribution in [0.5, 0.6) is 0 Å². The molecule has 2 rings (SSSR count). The Labute approximate surface area is 124 Å². The van der Waals surface area contributed by atoms with Crippen molar-refractivity contribution in [2.75, 3.05) is 0 Å². The topological polar surface area (TPSA) is 12.0 Å². The maximum absolute atomic E-state index is 5.90. The van der Waals surface area contributed by atoms with Gasteiger partial charge in [0.15, 0.2) is 0 Å². The molecule has 0 bridgehead atoms. The van der Waals surface area contributed by atoms with E-state index in [2.05, 4.69) is 43.4 Å². The molecule has 0 radical (unpaired) electrons. The Balaban J connectivity index is 2.03. The Bertz CT molecular complexity index is 470. The van der Waals surface area contributed by atoms with Crippen LogP contribution in [0.3, 0.4) is 0 Å². The molecule has 2 atom stereocenters. The van der Waals surface area contributed by atoms with Gasteiger partial charge in [-0.1, -0.05) is 47.5 Å². The lowest BCUT2D eigenvalue weighted by Gasteiger charge is -2.21. The minimum absolute atomic E-state index is 0.267. The molecule has 0 heterocycles. The van der Waals surface area contributed by atoms with Gasteiger partial charge in [0.2, 0.25) is 0 Å². The molecule has 3 heteroatoms. The molecule has 19 heavy (non-hydrogen) atoms. The minimum atomic E-state index is 0.267. The van der Waals surface area contributed by atoms with Crippen LogP contribution in [0.25, 0.3) is 0 Å². The maximum atomic E-state index is 5.90. The second-order valence-corrected chi connectivity index (χ2v) is 5.59. The molecule has 0 amide bonds. The predicted molar refractivity (Wildman–Crippen MR) is 82.9 cm³/mol. The van der Waals surface area contributed by atoms with Crippen LogP contribution < -0.4 is 5.32 Å². The van der Waals surface area contributed by atoms with Crippen LogP contribution in [0.1, 0.15) is 37.1 Å². The highest BCUT2D eigenvalue weighted by Crippen LogP contribution is 2.21. The van der Waals surface area contributed by atoms with E-state index in [1.807, 2.05) is 24.3 Å². The van der Waals surface area contributed by atoms with Crippen LogP contribution in [0, 0.1) is 0 Å². The first-order valence-corrected chi connectivity index (χ1v) is 7.09. The van der Waals surface area contributed by atoms with Crippen molar-refractivity contribution in [3.63, 3.8) is 0 Å². The van der Waals surface area contributed by atoms with Gasteiger partial charge in [-0.3, -0.25) is 0 Å². The summed E-state index contributed by atoms with van der Waals surface area (Å²) in [5.74, 6) is 0. The van der Waals surface area contributed by atoms with E-state index in [0.717, 1.165) is 10.0 Å². The summed E-state index contributed by atoms with van der Waals surface area (Å²) < 4.78 is 0. The van der Waals surface area contributed by atoms with Gasteiger partial charge in [-0.05, 0) is 49.2 Å². The first-order chi connectivity index (χ1) is 9.06. The Kier molecular flexibility index (Phi) is 4.87. The zero-order valence-electron chi connectivity index (χ0n) is 11.0. The van der Waals surface area contributed by atoms with Crippen molar-refractivity contribution in [3.05, 3.63) is 69.7 Å². The lowest BCUT2D eigenvalue weighted by atomic mass is 10.0. The fraction of sp³-hybridized carbons (Fsp3) is 0.250. The first-order valence-electron chi connectivity index (χ1n) is 6.33. The van der Waals surface area contributed by atoms with Gasteiger partial charge in [-0.15, -0.1) is 0 Å². The van der Waals surface area contributed by atoms with Gasteiger partial charge in [0.1, 0.15) is 0 Å². The van der Waals surface area contributed by atoms with Gasteiger partial charge >= 0.3 is 0 Å². The van der Waals surface area contributed by atoms with Crippen LogP contribution in [-0.4, -0.2) is 0 Å². The summed E-state index contributed by atoms with van der Waals surface area (Å²) in [5, 5.41) is 5.10. The molecule has 0 spiro atoms. The van der Waals surface area contributed by atoms with Crippen LogP contribution in [0.4, 0.5) is 0 Å². The van der Waals surface area contributed by atoms with Crippen LogP contribution in [-0.2, 0) is 0 Å². The van der Waals surface area contributed by atoms with Crippen molar-refractivity contribution >= 4 is 23.2 Å². The molecule has 1 unspecified atom stereocenters. The molecule has 1 N–H and O–H groups in total. The van der Waals surface area contributed by atoms with E-state index >= 15 is 0 Å². The lowest BCUT2D eigenvalue weighted by molar-refractivity contribution is 0.495. The van der Waals surface area contributed by atoms with Crippen molar-refractivity contribution in [2.24, 2.45) is 0 Å². The largest absolute Gasteiger partial charge is 0.304 e. The number of halogens is 2. The van der Waals surface area contributed by atoms with Gasteiger partial charge in [-0.2, -0.15) is 0 Å². The number of benzene rings is 2. The fourth-order valence-electron chi connectivity index (χ4n) is 2.07. The predicted octanol–water partition coefficient (Wildman–Crippen LogP) is 5.41. The van der Waals surface area contributed by atoms with Crippen molar-refractivity contribution in [1.29, 1.82) is 0 Å². The maximum Gasteiger partial charge on any atom is 0.0406 e. The molecule has 1 nitrogen and oxygen atoms in total. The summed E-state index contributed by atoms with van der Waals surface area (Å²) in [6, 6.07) is 16.4. The smallest absolute Gasteiger partial charge is 0.0406 e. The Morgan fingerprint density at radius 1 is 0.684 bits per heavy atom. The zero-order valence-corrected chi connectivity index (χ0v) is 12.5. The third-order valence-electron chi connectivity index (χ3n) is 3.24. The average molecular weight is 294 g/mol. The number of hydrogen-bond acceptors (Lipinski definition) is 1. The second-order valence-electron chi connectivity index (χ2n) is 4.71. The van der Waals surface area contributed by atoms with E-state index in [1.165, 1.54) is 11.1 Å². The number of rotatable bonds is 4. The molecule has 0 aliphatic heterocycles. The SMILES string of the molecule is CC(N[C@@H](C)c1ccc(Cl)cc1)c1ccc(Cl)cc1. The van der Waals surface area contributed by atoms with Gasteiger partial charge in [0.05, 0.1) is 0 Å². The molecule has 0 aliphatic carbocycles. The molecule has 2 aromatic carbocycles. The Morgan fingerprint density at radius 3 is 1.32 bits per heavy atom. The molecule has 0 saturated carbocycles. The van der Waals surface area contributed by atoms with Crippen molar-refractivity contribution < 1.29 is 0 Å². The van der Waals surface area contributed by atoms with E-state index in [1.54, 1.807) is 0 Å². The molecule has 100 valence electrons. The molecule has 0 saturated heterocycles. The second kappa shape index (κ2) is 6.42. The highest BCUT2D eigenvalue weighted by Gasteiger charge is 2.10. The monoisotopic (exact) mass is 293 g/mol. The molecular weight excluding hydrogens is 277 g/mol. The Hall–Kier alpha value is -1.02. The standard InChI is InChI=1S/C16H17Cl2N/c1-11(13-3-7-15(17)8-4-13)19-12(2)14-5-9-16(18)10-6-14/h3-12,19H,1-2H3/t11-,12?/m0/s1. The van der Waals surface area contributed by atoms with Crippen LogP contribution >= 0.6 is 23.2 Å². The van der Waals surface area contributed by atoms with E-state index in [0.29, 0.717) is 0 Å². The lowest BCUT2D eigenvalue weighted by Crippen LogP contribution is -2.22. The summed E-state index contributed by atoms with van der Waals surface area (Å²) in [5.41, 5.74) is 2.45. The molecule has 0 fully saturated rings. The summed E-state index contributed by atoms with van der Waals surface area (Å²) in [4.78, 5) is 0. The summed E-state index contributed by atoms with van der Waals surface area (Å²) in [6.07, 6.45) is 0. The third kappa shape index (κ3) is 3.97. The molecule has 2 aromatic rings. The average Bonchev–Trinajstić information content (AvgIpc) is 2.40. The summed E-state index contributed by atoms with van der Waals surface area (Å²) >= 11 is 11.8. The number of nitrogens with one attached hydrogen (secondary N) is 1. The van der Waals surface area contributed by atoms with Crippen molar-refractivity contribution in [1.82, 2.24) is 5.32 Å². The van der Waals surface area contributed by atoms with E-state index in [9.17, 15) is 0 Å². The molecular formula is C16H17Cl2N. The van der Waals surface area contributed by atoms with E-state index in [4.69, 9.17) is 23.2 Å². The van der Waals surface area contributed by atoms with Gasteiger partial charge < -0.3 is 5.32 Å². The normalized spacial score (nSPS) is 14.1. The van der Waals surface area contributed by atoms with Gasteiger partial charge in [0.25, 0.3) is 0 Å². The Morgan fingerprint density at radius 2 is 1.00 bits per heavy atom. The van der Waals surface area contributed by atoms with Crippen molar-refractivity contribution in [3.8, 4) is 0 Å². The summed E-state index contributed by atoms with van der Waals surface area (Å²) in [7, 11) is 0. The molecule has 0 aromatic heterocycles. The quantitative estimate of drug-likeness (QED) is 0.795. The minimum Gasteiger partial charge on any atom is -0.304 e. The molecule has 0 aliphatic rings. The first kappa shape index (κ1) is 14.4. The van der Waals surface area contributed by atoms with E-state index < -0.39 is 0 Å². The van der Waals surface area contributed by atoms with Crippen LogP contribution in [0.15, 0.2) is 48.5 Å². The highest BCUT2D eigenvalue weighted by molar-refractivity contribution is 6.30. The number of hydrogen-bond donors (Lipinski definition) is 1. The van der Waals surface area contributed by atoms with Crippen LogP contribution in [0.2, 0.25) is 10.0 Å². The third-order valence-corrected chi connectivity index (χ3v) is 3.74. The summed E-state index contributed by atoms with van der Waals surface area (Å²) in [6.45, 7) is 4.30. The highest BCUT2D eigenvalue weighted by atomic mass is 35.5. The van der Waals surface area contributed by atoms with E-state index in [-0.39, 0.29) is 12.1 Å². The van der Waals surface area contributed by atoms with Crippen molar-refractivity contribution in [2.45, 2.75) is 25.9 Å².